The number of hydrogen-bond acceptors (Lipinski definition) is 4. The number of aromatic amines is 1. The molecule has 0 bridgehead atoms. The van der Waals surface area contributed by atoms with Crippen molar-refractivity contribution in [1.82, 2.24) is 14.9 Å². The van der Waals surface area contributed by atoms with Gasteiger partial charge in [-0.3, -0.25) is 9.59 Å². The number of aryl methyl sites for hydroxylation is 3. The predicted molar refractivity (Wildman–Crippen MR) is 118 cm³/mol. The second kappa shape index (κ2) is 8.46. The van der Waals surface area contributed by atoms with Gasteiger partial charge in [0.15, 0.2) is 0 Å². The van der Waals surface area contributed by atoms with Crippen LogP contribution in [0.25, 0.3) is 10.2 Å². The average molecular weight is 450 g/mol. The van der Waals surface area contributed by atoms with Gasteiger partial charge in [-0.1, -0.05) is 35.3 Å². The van der Waals surface area contributed by atoms with Crippen LogP contribution in [0.1, 0.15) is 41.1 Å². The lowest BCUT2D eigenvalue weighted by Gasteiger charge is -2.18. The Morgan fingerprint density at radius 1 is 1.28 bits per heavy atom. The molecule has 0 spiro atoms. The van der Waals surface area contributed by atoms with Gasteiger partial charge in [0.2, 0.25) is 5.91 Å². The van der Waals surface area contributed by atoms with Gasteiger partial charge in [0.05, 0.1) is 15.4 Å². The first kappa shape index (κ1) is 20.4. The fraction of sp³-hybridized carbons (Fsp3) is 0.381. The molecule has 3 aromatic rings. The summed E-state index contributed by atoms with van der Waals surface area (Å²) in [4.78, 5) is 36.4. The summed E-state index contributed by atoms with van der Waals surface area (Å²) in [6, 6.07) is 5.38. The molecular formula is C21H21Cl2N3O2S. The smallest absolute Gasteiger partial charge is 0.259 e. The molecule has 152 valence electrons. The molecule has 1 aromatic carbocycles. The van der Waals surface area contributed by atoms with Gasteiger partial charge in [-0.05, 0) is 42.9 Å². The predicted octanol–water partition coefficient (Wildman–Crippen LogP) is 4.76. The maximum absolute atomic E-state index is 12.6. The van der Waals surface area contributed by atoms with Gasteiger partial charge in [0.1, 0.15) is 10.7 Å². The van der Waals surface area contributed by atoms with Crippen molar-refractivity contribution in [3.63, 3.8) is 0 Å². The van der Waals surface area contributed by atoms with Gasteiger partial charge >= 0.3 is 0 Å². The number of halogens is 2. The Labute approximate surface area is 182 Å². The highest BCUT2D eigenvalue weighted by Crippen LogP contribution is 2.33. The molecule has 1 aliphatic rings. The van der Waals surface area contributed by atoms with E-state index in [1.807, 2.05) is 12.1 Å². The second-order valence-electron chi connectivity index (χ2n) is 7.37. The summed E-state index contributed by atoms with van der Waals surface area (Å²) >= 11 is 13.9. The van der Waals surface area contributed by atoms with E-state index in [9.17, 15) is 9.59 Å². The number of aromatic nitrogens is 2. The minimum atomic E-state index is -0.0871. The standard InChI is InChI=1S/C21H21Cl2N3O2S/c1-26(11-12-5-4-7-14(22)19(12)23)17(27)10-9-16-24-20(28)18-13-6-2-3-8-15(13)29-21(18)25-16/h4-5,7H,2-3,6,8-11H2,1H3,(H,24,25,28). The minimum Gasteiger partial charge on any atom is -0.341 e. The largest absolute Gasteiger partial charge is 0.341 e. The Balaban J connectivity index is 1.45. The molecule has 0 saturated heterocycles. The summed E-state index contributed by atoms with van der Waals surface area (Å²) in [5.74, 6) is 0.512. The van der Waals surface area contributed by atoms with Gasteiger partial charge < -0.3 is 9.88 Å². The number of hydrogen-bond donors (Lipinski definition) is 1. The molecular weight excluding hydrogens is 429 g/mol. The Hall–Kier alpha value is -1.89. The normalized spacial score (nSPS) is 13.5. The third kappa shape index (κ3) is 4.20. The van der Waals surface area contributed by atoms with E-state index >= 15 is 0 Å². The van der Waals surface area contributed by atoms with Crippen LogP contribution in [0, 0.1) is 0 Å². The topological polar surface area (TPSA) is 66.1 Å². The molecule has 0 atom stereocenters. The second-order valence-corrected chi connectivity index (χ2v) is 9.24. The quantitative estimate of drug-likeness (QED) is 0.610. The van der Waals surface area contributed by atoms with Crippen LogP contribution in [0.15, 0.2) is 23.0 Å². The van der Waals surface area contributed by atoms with E-state index in [0.29, 0.717) is 28.8 Å². The molecule has 0 fully saturated rings. The minimum absolute atomic E-state index is 0.0470. The Morgan fingerprint density at radius 2 is 2.07 bits per heavy atom. The molecule has 5 nitrogen and oxygen atoms in total. The van der Waals surface area contributed by atoms with Crippen LogP contribution < -0.4 is 5.56 Å². The Kier molecular flexibility index (Phi) is 5.95. The molecule has 8 heteroatoms. The summed E-state index contributed by atoms with van der Waals surface area (Å²) in [7, 11) is 1.73. The SMILES string of the molecule is CN(Cc1cccc(Cl)c1Cl)C(=O)CCc1nc2sc3c(c2c(=O)[nH]1)CCCC3. The number of rotatable bonds is 5. The van der Waals surface area contributed by atoms with E-state index in [2.05, 4.69) is 9.97 Å². The third-order valence-electron chi connectivity index (χ3n) is 5.31. The highest BCUT2D eigenvalue weighted by Gasteiger charge is 2.20. The van der Waals surface area contributed by atoms with Gasteiger partial charge in [-0.25, -0.2) is 4.98 Å². The van der Waals surface area contributed by atoms with Gasteiger partial charge in [-0.2, -0.15) is 0 Å². The lowest BCUT2D eigenvalue weighted by molar-refractivity contribution is -0.130. The summed E-state index contributed by atoms with van der Waals surface area (Å²) in [6.45, 7) is 0.374. The van der Waals surface area contributed by atoms with Crippen molar-refractivity contribution in [2.24, 2.45) is 0 Å². The zero-order chi connectivity index (χ0) is 20.5. The third-order valence-corrected chi connectivity index (χ3v) is 7.36. The molecule has 0 saturated carbocycles. The molecule has 0 aliphatic heterocycles. The van der Waals surface area contributed by atoms with Gasteiger partial charge in [0, 0.05) is 31.3 Å². The molecule has 2 aromatic heterocycles. The first-order chi connectivity index (χ1) is 13.9. The van der Waals surface area contributed by atoms with E-state index < -0.39 is 0 Å². The van der Waals surface area contributed by atoms with Crippen LogP contribution in [0.5, 0.6) is 0 Å². The lowest BCUT2D eigenvalue weighted by atomic mass is 9.97. The number of carbonyl (C=O) groups excluding carboxylic acids is 1. The number of thiophene rings is 1. The number of H-pyrrole nitrogens is 1. The zero-order valence-corrected chi connectivity index (χ0v) is 18.4. The monoisotopic (exact) mass is 449 g/mol. The van der Waals surface area contributed by atoms with Crippen LogP contribution >= 0.6 is 34.5 Å². The molecule has 1 N–H and O–H groups in total. The number of amides is 1. The fourth-order valence-corrected chi connectivity index (χ4v) is 5.42. The summed E-state index contributed by atoms with van der Waals surface area (Å²) in [6.07, 6.45) is 4.92. The maximum Gasteiger partial charge on any atom is 0.259 e. The number of fused-ring (bicyclic) bond motifs is 3. The molecule has 0 radical (unpaired) electrons. The van der Waals surface area contributed by atoms with Crippen LogP contribution in [-0.4, -0.2) is 27.8 Å². The van der Waals surface area contributed by atoms with E-state index in [0.717, 1.165) is 35.0 Å². The number of carbonyl (C=O) groups is 1. The fourth-order valence-electron chi connectivity index (χ4n) is 3.76. The molecule has 0 unspecified atom stereocenters. The van der Waals surface area contributed by atoms with Crippen molar-refractivity contribution in [3.05, 3.63) is 60.4 Å². The average Bonchev–Trinajstić information content (AvgIpc) is 3.08. The van der Waals surface area contributed by atoms with E-state index in [4.69, 9.17) is 23.2 Å². The number of nitrogens with one attached hydrogen (secondary N) is 1. The van der Waals surface area contributed by atoms with Crippen LogP contribution in [-0.2, 0) is 30.6 Å². The summed E-state index contributed by atoms with van der Waals surface area (Å²) in [5.41, 5.74) is 1.88. The van der Waals surface area contributed by atoms with Crippen LogP contribution in [0.2, 0.25) is 10.0 Å². The molecule has 1 aliphatic carbocycles. The lowest BCUT2D eigenvalue weighted by Crippen LogP contribution is -2.27. The van der Waals surface area contributed by atoms with Gasteiger partial charge in [-0.15, -0.1) is 11.3 Å². The van der Waals surface area contributed by atoms with Crippen molar-refractivity contribution < 1.29 is 4.79 Å². The Morgan fingerprint density at radius 3 is 2.90 bits per heavy atom. The van der Waals surface area contributed by atoms with E-state index in [1.165, 1.54) is 16.9 Å². The van der Waals surface area contributed by atoms with Crippen molar-refractivity contribution in [3.8, 4) is 0 Å². The van der Waals surface area contributed by atoms with E-state index in [-0.39, 0.29) is 17.9 Å². The molecule has 29 heavy (non-hydrogen) atoms. The maximum atomic E-state index is 12.6. The van der Waals surface area contributed by atoms with Crippen molar-refractivity contribution in [1.29, 1.82) is 0 Å². The molecule has 1 amide bonds. The molecule has 4 rings (SSSR count). The summed E-state index contributed by atoms with van der Waals surface area (Å²) in [5, 5.41) is 1.68. The van der Waals surface area contributed by atoms with Crippen molar-refractivity contribution in [2.75, 3.05) is 7.05 Å². The van der Waals surface area contributed by atoms with Crippen molar-refractivity contribution in [2.45, 2.75) is 45.1 Å². The summed E-state index contributed by atoms with van der Waals surface area (Å²) < 4.78 is 0. The number of benzene rings is 1. The highest BCUT2D eigenvalue weighted by atomic mass is 35.5. The molecule has 2 heterocycles. The first-order valence-electron chi connectivity index (χ1n) is 9.64. The number of nitrogens with zero attached hydrogens (tertiary/aromatic N) is 2. The van der Waals surface area contributed by atoms with E-state index in [1.54, 1.807) is 29.4 Å². The Bertz CT molecular complexity index is 1140. The first-order valence-corrected chi connectivity index (χ1v) is 11.2. The van der Waals surface area contributed by atoms with Gasteiger partial charge in [0.25, 0.3) is 5.56 Å². The van der Waals surface area contributed by atoms with Crippen molar-refractivity contribution >= 4 is 50.7 Å². The van der Waals surface area contributed by atoms with Crippen LogP contribution in [0.4, 0.5) is 0 Å². The van der Waals surface area contributed by atoms with Crippen LogP contribution in [0.3, 0.4) is 0 Å². The zero-order valence-electron chi connectivity index (χ0n) is 16.1. The highest BCUT2D eigenvalue weighted by molar-refractivity contribution is 7.18.